The summed E-state index contributed by atoms with van der Waals surface area (Å²) in [6, 6.07) is 0.350. The van der Waals surface area contributed by atoms with Crippen LogP contribution in [0.5, 0.6) is 0 Å². The highest BCUT2D eigenvalue weighted by atomic mass is 16.4. The molecule has 4 aliphatic rings. The minimum Gasteiger partial charge on any atom is -0.481 e. The van der Waals surface area contributed by atoms with Crippen LogP contribution in [0.3, 0.4) is 0 Å². The molecule has 3 saturated carbocycles. The molecule has 0 radical (unpaired) electrons. The lowest BCUT2D eigenvalue weighted by molar-refractivity contribution is -0.156. The minimum absolute atomic E-state index is 0.0161. The fourth-order valence-electron chi connectivity index (χ4n) is 5.18. The van der Waals surface area contributed by atoms with E-state index >= 15 is 0 Å². The van der Waals surface area contributed by atoms with E-state index in [-0.39, 0.29) is 11.4 Å². The topological polar surface area (TPSA) is 84.2 Å². The normalized spacial score (nSPS) is 33.8. The summed E-state index contributed by atoms with van der Waals surface area (Å²) in [5.41, 5.74) is 1.85. The van der Waals surface area contributed by atoms with Crippen molar-refractivity contribution in [2.45, 2.75) is 83.2 Å². The molecule has 0 spiro atoms. The van der Waals surface area contributed by atoms with E-state index in [1.165, 1.54) is 0 Å². The van der Waals surface area contributed by atoms with Crippen LogP contribution in [0.1, 0.15) is 86.1 Å². The number of carboxylic acid groups (broad SMARTS) is 1. The van der Waals surface area contributed by atoms with Crippen molar-refractivity contribution in [3.05, 3.63) is 17.0 Å². The van der Waals surface area contributed by atoms with Gasteiger partial charge in [0.25, 0.3) is 5.91 Å². The van der Waals surface area contributed by atoms with Gasteiger partial charge in [-0.1, -0.05) is 0 Å². The lowest BCUT2D eigenvalue weighted by Gasteiger charge is -2.51. The SMILES string of the molecule is Cc1nn2c(c1C(=O)NC13CCC(C(=O)O)(CC1)CC3)CCCC2C. The number of carbonyl (C=O) groups excluding carboxylic acids is 1. The smallest absolute Gasteiger partial charge is 0.309 e. The molecular weight excluding hydrogens is 318 g/mol. The molecule has 6 nitrogen and oxygen atoms in total. The highest BCUT2D eigenvalue weighted by Crippen LogP contribution is 2.52. The zero-order chi connectivity index (χ0) is 17.8. The second-order valence-corrected chi connectivity index (χ2v) is 8.41. The van der Waals surface area contributed by atoms with Crippen molar-refractivity contribution in [1.29, 1.82) is 0 Å². The van der Waals surface area contributed by atoms with Gasteiger partial charge in [0.2, 0.25) is 0 Å². The molecule has 1 aliphatic heterocycles. The van der Waals surface area contributed by atoms with Gasteiger partial charge in [-0.2, -0.15) is 5.10 Å². The molecule has 0 aromatic carbocycles. The first-order valence-corrected chi connectivity index (χ1v) is 9.50. The molecule has 1 aromatic rings. The standard InChI is InChI=1S/C19H27N3O3/c1-12-4-3-5-14-15(13(2)21-22(12)14)16(23)20-19-9-6-18(7-10-19,8-11-19)17(24)25/h12H,3-11H2,1-2H3,(H,20,23)(H,24,25). The molecule has 1 atom stereocenters. The second-order valence-electron chi connectivity index (χ2n) is 8.41. The van der Waals surface area contributed by atoms with Crippen molar-refractivity contribution in [2.75, 3.05) is 0 Å². The molecule has 5 rings (SSSR count). The van der Waals surface area contributed by atoms with Crippen molar-refractivity contribution >= 4 is 11.9 Å². The Bertz CT molecular complexity index is 712. The molecule has 1 aromatic heterocycles. The average Bonchev–Trinajstić information content (AvgIpc) is 2.93. The quantitative estimate of drug-likeness (QED) is 0.882. The molecule has 25 heavy (non-hydrogen) atoms. The van der Waals surface area contributed by atoms with Crippen LogP contribution in [-0.2, 0) is 11.2 Å². The molecule has 1 unspecified atom stereocenters. The molecule has 6 heteroatoms. The van der Waals surface area contributed by atoms with E-state index in [2.05, 4.69) is 17.3 Å². The van der Waals surface area contributed by atoms with Crippen molar-refractivity contribution in [1.82, 2.24) is 15.1 Å². The van der Waals surface area contributed by atoms with Crippen LogP contribution in [-0.4, -0.2) is 32.3 Å². The van der Waals surface area contributed by atoms with E-state index in [0.29, 0.717) is 25.3 Å². The Morgan fingerprint density at radius 2 is 1.84 bits per heavy atom. The molecule has 136 valence electrons. The first-order valence-electron chi connectivity index (χ1n) is 9.50. The molecule has 1 amide bonds. The van der Waals surface area contributed by atoms with Gasteiger partial charge in [-0.05, 0) is 71.6 Å². The van der Waals surface area contributed by atoms with E-state index in [1.807, 2.05) is 11.6 Å². The van der Waals surface area contributed by atoms with Gasteiger partial charge < -0.3 is 10.4 Å². The van der Waals surface area contributed by atoms with Crippen LogP contribution in [0.2, 0.25) is 0 Å². The molecule has 2 bridgehead atoms. The minimum atomic E-state index is -0.664. The fraction of sp³-hybridized carbons (Fsp3) is 0.737. The highest BCUT2D eigenvalue weighted by molar-refractivity contribution is 5.97. The summed E-state index contributed by atoms with van der Waals surface area (Å²) >= 11 is 0. The Kier molecular flexibility index (Phi) is 3.71. The molecule has 3 aliphatic carbocycles. The first kappa shape index (κ1) is 16.6. The number of carbonyl (C=O) groups is 2. The Labute approximate surface area is 148 Å². The molecule has 3 fully saturated rings. The third-order valence-corrected chi connectivity index (χ3v) is 6.94. The van der Waals surface area contributed by atoms with E-state index in [9.17, 15) is 14.7 Å². The maximum absolute atomic E-state index is 13.1. The number of fused-ring (bicyclic) bond motifs is 4. The van der Waals surface area contributed by atoms with Gasteiger partial charge in [0, 0.05) is 11.6 Å². The predicted molar refractivity (Wildman–Crippen MR) is 92.6 cm³/mol. The number of aryl methyl sites for hydroxylation is 1. The number of carboxylic acids is 1. The number of rotatable bonds is 3. The summed E-state index contributed by atoms with van der Waals surface area (Å²) in [5.74, 6) is -0.680. The lowest BCUT2D eigenvalue weighted by atomic mass is 9.57. The van der Waals surface area contributed by atoms with Crippen molar-refractivity contribution < 1.29 is 14.7 Å². The second kappa shape index (κ2) is 5.58. The first-order chi connectivity index (χ1) is 11.9. The number of amides is 1. The Morgan fingerprint density at radius 1 is 1.20 bits per heavy atom. The summed E-state index contributed by atoms with van der Waals surface area (Å²) in [4.78, 5) is 24.7. The van der Waals surface area contributed by atoms with Crippen LogP contribution in [0.15, 0.2) is 0 Å². The summed E-state index contributed by atoms with van der Waals surface area (Å²) < 4.78 is 2.03. The maximum atomic E-state index is 13.1. The third-order valence-electron chi connectivity index (χ3n) is 6.94. The van der Waals surface area contributed by atoms with Crippen molar-refractivity contribution in [3.8, 4) is 0 Å². The number of nitrogens with zero attached hydrogens (tertiary/aromatic N) is 2. The molecule has 2 N–H and O–H groups in total. The van der Waals surface area contributed by atoms with Gasteiger partial charge in [0.1, 0.15) is 0 Å². The number of aromatic nitrogens is 2. The van der Waals surface area contributed by atoms with Gasteiger partial charge in [-0.15, -0.1) is 0 Å². The summed E-state index contributed by atoms with van der Waals surface area (Å²) in [6.45, 7) is 4.07. The van der Waals surface area contributed by atoms with E-state index in [1.54, 1.807) is 0 Å². The zero-order valence-corrected chi connectivity index (χ0v) is 15.1. The Morgan fingerprint density at radius 3 is 2.44 bits per heavy atom. The van der Waals surface area contributed by atoms with Gasteiger partial charge in [-0.25, -0.2) is 0 Å². The number of hydrogen-bond acceptors (Lipinski definition) is 3. The highest BCUT2D eigenvalue weighted by Gasteiger charge is 2.53. The predicted octanol–water partition coefficient (Wildman–Crippen LogP) is 3.00. The van der Waals surface area contributed by atoms with Crippen molar-refractivity contribution in [2.24, 2.45) is 5.41 Å². The molecule has 0 saturated heterocycles. The Balaban J connectivity index is 1.55. The average molecular weight is 345 g/mol. The number of aliphatic carboxylic acids is 1. The monoisotopic (exact) mass is 345 g/mol. The zero-order valence-electron chi connectivity index (χ0n) is 15.1. The van der Waals surface area contributed by atoms with E-state index < -0.39 is 11.4 Å². The molecular formula is C19H27N3O3. The van der Waals surface area contributed by atoms with Gasteiger partial charge in [-0.3, -0.25) is 14.3 Å². The van der Waals surface area contributed by atoms with Crippen LogP contribution in [0.25, 0.3) is 0 Å². The van der Waals surface area contributed by atoms with Crippen LogP contribution in [0, 0.1) is 12.3 Å². The van der Waals surface area contributed by atoms with Gasteiger partial charge >= 0.3 is 5.97 Å². The summed E-state index contributed by atoms with van der Waals surface area (Å²) in [5, 5.41) is 17.4. The van der Waals surface area contributed by atoms with Crippen LogP contribution >= 0.6 is 0 Å². The number of hydrogen-bond donors (Lipinski definition) is 2. The summed E-state index contributed by atoms with van der Waals surface area (Å²) in [7, 11) is 0. The molecule has 2 heterocycles. The fourth-order valence-corrected chi connectivity index (χ4v) is 5.18. The maximum Gasteiger partial charge on any atom is 0.309 e. The van der Waals surface area contributed by atoms with Crippen molar-refractivity contribution in [3.63, 3.8) is 0 Å². The lowest BCUT2D eigenvalue weighted by Crippen LogP contribution is -2.58. The van der Waals surface area contributed by atoms with Crippen LogP contribution in [0.4, 0.5) is 0 Å². The Hall–Kier alpha value is -1.85. The van der Waals surface area contributed by atoms with Crippen LogP contribution < -0.4 is 5.32 Å². The van der Waals surface area contributed by atoms with E-state index in [0.717, 1.165) is 55.5 Å². The van der Waals surface area contributed by atoms with Gasteiger partial charge in [0.05, 0.1) is 22.4 Å². The summed E-state index contributed by atoms with van der Waals surface area (Å²) in [6.07, 6.45) is 7.43. The van der Waals surface area contributed by atoms with Gasteiger partial charge in [0.15, 0.2) is 0 Å². The largest absolute Gasteiger partial charge is 0.481 e. The third kappa shape index (κ3) is 2.49. The van der Waals surface area contributed by atoms with E-state index in [4.69, 9.17) is 0 Å². The number of nitrogens with one attached hydrogen (secondary N) is 1.